The van der Waals surface area contributed by atoms with E-state index in [0.29, 0.717) is 25.8 Å². The number of hydrogen-bond donors (Lipinski definition) is 0. The molecule has 0 saturated heterocycles. The van der Waals surface area contributed by atoms with E-state index in [4.69, 9.17) is 11.6 Å². The molecule has 0 radical (unpaired) electrons. The number of halogens is 1. The fourth-order valence-electron chi connectivity index (χ4n) is 2.15. The first-order valence-corrected chi connectivity index (χ1v) is 5.60. The molecular weight excluding hydrogens is 232 g/mol. The van der Waals surface area contributed by atoms with Gasteiger partial charge in [0.25, 0.3) is 0 Å². The normalized spacial score (nSPS) is 19.6. The molecule has 0 unspecified atom stereocenters. The van der Waals surface area contributed by atoms with Crippen molar-refractivity contribution >= 4 is 17.5 Å². The molecular formula is C10H11ClN2O3. The standard InChI is InChI=1S/C10H11ClN2O3/c11-6-10(14)12-4-3-7-5-8(13(15)16)1-2-9(7)12/h5H,1-4,6H2. The van der Waals surface area contributed by atoms with Crippen LogP contribution < -0.4 is 0 Å². The molecule has 0 bridgehead atoms. The van der Waals surface area contributed by atoms with Crippen LogP contribution in [0, 0.1) is 10.1 Å². The lowest BCUT2D eigenvalue weighted by Gasteiger charge is -2.20. The largest absolute Gasteiger partial charge is 0.315 e. The van der Waals surface area contributed by atoms with Crippen molar-refractivity contribution in [1.82, 2.24) is 4.90 Å². The monoisotopic (exact) mass is 242 g/mol. The van der Waals surface area contributed by atoms with Crippen LogP contribution in [0.4, 0.5) is 0 Å². The van der Waals surface area contributed by atoms with Gasteiger partial charge in [-0.2, -0.15) is 0 Å². The van der Waals surface area contributed by atoms with Gasteiger partial charge >= 0.3 is 0 Å². The second kappa shape index (κ2) is 4.25. The molecule has 1 amide bonds. The second-order valence-corrected chi connectivity index (χ2v) is 4.06. The predicted octanol–water partition coefficient (Wildman–Crippen LogP) is 1.67. The molecule has 16 heavy (non-hydrogen) atoms. The second-order valence-electron chi connectivity index (χ2n) is 3.79. The Hall–Kier alpha value is -1.36. The molecule has 1 aliphatic heterocycles. The third kappa shape index (κ3) is 1.82. The number of nitrogens with zero attached hydrogens (tertiary/aromatic N) is 2. The van der Waals surface area contributed by atoms with Gasteiger partial charge in [-0.25, -0.2) is 0 Å². The third-order valence-electron chi connectivity index (χ3n) is 2.91. The zero-order valence-corrected chi connectivity index (χ0v) is 9.37. The number of rotatable bonds is 2. The maximum absolute atomic E-state index is 11.5. The summed E-state index contributed by atoms with van der Waals surface area (Å²) in [6.07, 6.45) is 3.23. The van der Waals surface area contributed by atoms with Crippen LogP contribution >= 0.6 is 11.6 Å². The van der Waals surface area contributed by atoms with E-state index in [2.05, 4.69) is 0 Å². The van der Waals surface area contributed by atoms with Crippen molar-refractivity contribution in [2.24, 2.45) is 0 Å². The van der Waals surface area contributed by atoms with Crippen LogP contribution in [-0.4, -0.2) is 28.2 Å². The van der Waals surface area contributed by atoms with Crippen molar-refractivity contribution in [2.75, 3.05) is 12.4 Å². The van der Waals surface area contributed by atoms with Gasteiger partial charge in [-0.05, 0) is 18.4 Å². The van der Waals surface area contributed by atoms with Crippen molar-refractivity contribution in [2.45, 2.75) is 19.3 Å². The van der Waals surface area contributed by atoms with Crippen LogP contribution in [0.5, 0.6) is 0 Å². The van der Waals surface area contributed by atoms with Crippen molar-refractivity contribution in [3.05, 3.63) is 33.2 Å². The highest BCUT2D eigenvalue weighted by Crippen LogP contribution is 2.33. The first-order chi connectivity index (χ1) is 7.63. The molecule has 0 fully saturated rings. The van der Waals surface area contributed by atoms with E-state index in [0.717, 1.165) is 11.3 Å². The summed E-state index contributed by atoms with van der Waals surface area (Å²) in [6.45, 7) is 0.595. The minimum atomic E-state index is -0.351. The van der Waals surface area contributed by atoms with E-state index >= 15 is 0 Å². The first-order valence-electron chi connectivity index (χ1n) is 5.07. The Morgan fingerprint density at radius 1 is 1.50 bits per heavy atom. The van der Waals surface area contributed by atoms with Crippen LogP contribution in [0.1, 0.15) is 19.3 Å². The minimum Gasteiger partial charge on any atom is -0.315 e. The molecule has 2 aliphatic rings. The Kier molecular flexibility index (Phi) is 2.96. The maximum Gasteiger partial charge on any atom is 0.246 e. The van der Waals surface area contributed by atoms with Gasteiger partial charge in [0.2, 0.25) is 11.6 Å². The summed E-state index contributed by atoms with van der Waals surface area (Å²) in [5.74, 6) is -0.160. The Morgan fingerprint density at radius 3 is 2.88 bits per heavy atom. The van der Waals surface area contributed by atoms with E-state index in [1.807, 2.05) is 0 Å². The van der Waals surface area contributed by atoms with Gasteiger partial charge < -0.3 is 4.90 Å². The lowest BCUT2D eigenvalue weighted by molar-refractivity contribution is -0.428. The molecule has 2 rings (SSSR count). The molecule has 0 atom stereocenters. The van der Waals surface area contributed by atoms with Crippen LogP contribution in [0.15, 0.2) is 23.0 Å². The van der Waals surface area contributed by atoms with E-state index in [-0.39, 0.29) is 22.4 Å². The fourth-order valence-corrected chi connectivity index (χ4v) is 2.29. The molecule has 5 nitrogen and oxygen atoms in total. The minimum absolute atomic E-state index is 0.0391. The third-order valence-corrected chi connectivity index (χ3v) is 3.14. The van der Waals surface area contributed by atoms with Crippen molar-refractivity contribution in [3.63, 3.8) is 0 Å². The predicted molar refractivity (Wildman–Crippen MR) is 58.4 cm³/mol. The van der Waals surface area contributed by atoms with Crippen molar-refractivity contribution in [1.29, 1.82) is 0 Å². The molecule has 0 aromatic rings. The van der Waals surface area contributed by atoms with Crippen molar-refractivity contribution in [3.8, 4) is 0 Å². The van der Waals surface area contributed by atoms with Gasteiger partial charge in [0.05, 0.1) is 4.92 Å². The number of carbonyl (C=O) groups excluding carboxylic acids is 1. The van der Waals surface area contributed by atoms with E-state index < -0.39 is 0 Å². The zero-order chi connectivity index (χ0) is 11.7. The number of carbonyl (C=O) groups is 1. The summed E-state index contributed by atoms with van der Waals surface area (Å²) in [5, 5.41) is 10.6. The molecule has 0 aromatic heterocycles. The zero-order valence-electron chi connectivity index (χ0n) is 8.61. The van der Waals surface area contributed by atoms with Crippen LogP contribution in [0.2, 0.25) is 0 Å². The van der Waals surface area contributed by atoms with Gasteiger partial charge in [0.15, 0.2) is 0 Å². The lowest BCUT2D eigenvalue weighted by Crippen LogP contribution is -2.29. The van der Waals surface area contributed by atoms with E-state index in [9.17, 15) is 14.9 Å². The Morgan fingerprint density at radius 2 is 2.25 bits per heavy atom. The average molecular weight is 243 g/mol. The SMILES string of the molecule is O=C(CCl)N1CCC2=C1CCC([N+](=O)[O-])=C2. The fraction of sp³-hybridized carbons (Fsp3) is 0.500. The molecule has 1 heterocycles. The summed E-state index contributed by atoms with van der Waals surface area (Å²) in [7, 11) is 0. The Bertz CT molecular complexity index is 414. The number of alkyl halides is 1. The summed E-state index contributed by atoms with van der Waals surface area (Å²) < 4.78 is 0. The molecule has 0 aromatic carbocycles. The molecule has 0 spiro atoms. The number of amides is 1. The highest BCUT2D eigenvalue weighted by atomic mass is 35.5. The van der Waals surface area contributed by atoms with Gasteiger partial charge in [0.1, 0.15) is 5.88 Å². The molecule has 6 heteroatoms. The van der Waals surface area contributed by atoms with Crippen LogP contribution in [0.25, 0.3) is 0 Å². The summed E-state index contributed by atoms with van der Waals surface area (Å²) in [5.41, 5.74) is 2.06. The van der Waals surface area contributed by atoms with E-state index in [1.54, 1.807) is 11.0 Å². The number of nitro groups is 1. The summed E-state index contributed by atoms with van der Waals surface area (Å²) >= 11 is 5.50. The Balaban J connectivity index is 2.25. The van der Waals surface area contributed by atoms with E-state index in [1.165, 1.54) is 0 Å². The van der Waals surface area contributed by atoms with Gasteiger partial charge in [-0.3, -0.25) is 14.9 Å². The summed E-state index contributed by atoms with van der Waals surface area (Å²) in [6, 6.07) is 0. The van der Waals surface area contributed by atoms with Crippen LogP contribution in [-0.2, 0) is 4.79 Å². The highest BCUT2D eigenvalue weighted by molar-refractivity contribution is 6.27. The quantitative estimate of drug-likeness (QED) is 0.420. The number of hydrogen-bond acceptors (Lipinski definition) is 3. The average Bonchev–Trinajstić information content (AvgIpc) is 2.70. The lowest BCUT2D eigenvalue weighted by atomic mass is 10.0. The molecule has 0 N–H and O–H groups in total. The van der Waals surface area contributed by atoms with Gasteiger partial charge in [-0.15, -0.1) is 11.6 Å². The van der Waals surface area contributed by atoms with Gasteiger partial charge in [0, 0.05) is 24.7 Å². The van der Waals surface area contributed by atoms with Crippen molar-refractivity contribution < 1.29 is 9.72 Å². The van der Waals surface area contributed by atoms with Gasteiger partial charge in [-0.1, -0.05) is 0 Å². The molecule has 1 aliphatic carbocycles. The molecule has 0 saturated carbocycles. The number of allylic oxidation sites excluding steroid dienone is 3. The first kappa shape index (κ1) is 11.1. The highest BCUT2D eigenvalue weighted by Gasteiger charge is 2.30. The Labute approximate surface area is 97.5 Å². The summed E-state index contributed by atoms with van der Waals surface area (Å²) in [4.78, 5) is 23.4. The maximum atomic E-state index is 11.5. The van der Waals surface area contributed by atoms with Crippen LogP contribution in [0.3, 0.4) is 0 Å². The smallest absolute Gasteiger partial charge is 0.246 e. The topological polar surface area (TPSA) is 63.5 Å². The molecule has 86 valence electrons.